The van der Waals surface area contributed by atoms with Gasteiger partial charge in [0.2, 0.25) is 0 Å². The molecule has 0 bridgehead atoms. The summed E-state index contributed by atoms with van der Waals surface area (Å²) in [4.78, 5) is 9.90. The summed E-state index contributed by atoms with van der Waals surface area (Å²) < 4.78 is 0. The number of hydrogen-bond acceptors (Lipinski definition) is 4. The van der Waals surface area contributed by atoms with E-state index in [2.05, 4.69) is 35.2 Å². The Morgan fingerprint density at radius 3 is 2.81 bits per heavy atom. The van der Waals surface area contributed by atoms with Crippen LogP contribution in [0.25, 0.3) is 0 Å². The highest BCUT2D eigenvalue weighted by Crippen LogP contribution is 2.10. The minimum Gasteiger partial charge on any atom is -0.305 e. The monoisotopic (exact) mass is 233 g/mol. The molecule has 3 nitrogen and oxygen atoms in total. The molecule has 0 aliphatic heterocycles. The van der Waals surface area contributed by atoms with Gasteiger partial charge in [-0.15, -0.1) is 11.3 Å². The summed E-state index contributed by atoms with van der Waals surface area (Å²) in [7, 11) is 0. The summed E-state index contributed by atoms with van der Waals surface area (Å²) in [5.41, 5.74) is 2.33. The van der Waals surface area contributed by atoms with Crippen LogP contribution in [-0.4, -0.2) is 9.97 Å². The summed E-state index contributed by atoms with van der Waals surface area (Å²) in [6, 6.07) is 4.04. The van der Waals surface area contributed by atoms with Gasteiger partial charge in [0.25, 0.3) is 0 Å². The number of pyridine rings is 1. The predicted molar refractivity (Wildman–Crippen MR) is 66.4 cm³/mol. The van der Waals surface area contributed by atoms with E-state index in [1.807, 2.05) is 18.5 Å². The Labute approximate surface area is 99.6 Å². The Morgan fingerprint density at radius 1 is 1.25 bits per heavy atom. The van der Waals surface area contributed by atoms with Crippen molar-refractivity contribution in [2.45, 2.75) is 26.9 Å². The average Bonchev–Trinajstić information content (AvgIpc) is 2.67. The second-order valence-corrected chi connectivity index (χ2v) is 5.05. The molecule has 0 aliphatic carbocycles. The van der Waals surface area contributed by atoms with E-state index >= 15 is 0 Å². The Hall–Kier alpha value is -1.26. The molecule has 0 fully saturated rings. The smallest absolute Gasteiger partial charge is 0.107 e. The van der Waals surface area contributed by atoms with Gasteiger partial charge in [0.15, 0.2) is 0 Å². The minimum absolute atomic E-state index is 0.797. The van der Waals surface area contributed by atoms with Crippen molar-refractivity contribution in [3.8, 4) is 0 Å². The average molecular weight is 233 g/mol. The quantitative estimate of drug-likeness (QED) is 0.881. The molecule has 4 heteroatoms. The number of nitrogens with one attached hydrogen (secondary N) is 1. The van der Waals surface area contributed by atoms with Gasteiger partial charge < -0.3 is 5.32 Å². The minimum atomic E-state index is 0.797. The van der Waals surface area contributed by atoms with Crippen molar-refractivity contribution in [3.05, 3.63) is 45.7 Å². The molecular formula is C12H15N3S. The molecule has 0 radical (unpaired) electrons. The van der Waals surface area contributed by atoms with E-state index in [0.717, 1.165) is 23.8 Å². The molecule has 16 heavy (non-hydrogen) atoms. The van der Waals surface area contributed by atoms with Gasteiger partial charge in [-0.05, 0) is 25.5 Å². The zero-order valence-electron chi connectivity index (χ0n) is 9.53. The second kappa shape index (κ2) is 5.18. The van der Waals surface area contributed by atoms with Crippen molar-refractivity contribution < 1.29 is 0 Å². The summed E-state index contributed by atoms with van der Waals surface area (Å²) >= 11 is 1.73. The van der Waals surface area contributed by atoms with Gasteiger partial charge in [0.1, 0.15) is 5.01 Å². The molecule has 2 aromatic heterocycles. The molecule has 0 amide bonds. The van der Waals surface area contributed by atoms with Gasteiger partial charge in [0, 0.05) is 30.4 Å². The highest BCUT2D eigenvalue weighted by atomic mass is 32.1. The lowest BCUT2D eigenvalue weighted by atomic mass is 10.2. The zero-order chi connectivity index (χ0) is 11.4. The van der Waals surface area contributed by atoms with E-state index < -0.39 is 0 Å². The van der Waals surface area contributed by atoms with Gasteiger partial charge in [-0.3, -0.25) is 4.98 Å². The Kier molecular flexibility index (Phi) is 3.64. The highest BCUT2D eigenvalue weighted by Gasteiger charge is 2.00. The molecule has 0 aliphatic rings. The first-order valence-electron chi connectivity index (χ1n) is 5.28. The van der Waals surface area contributed by atoms with Crippen molar-refractivity contribution in [1.82, 2.24) is 15.3 Å². The molecule has 2 heterocycles. The van der Waals surface area contributed by atoms with Crippen LogP contribution in [-0.2, 0) is 13.1 Å². The first kappa shape index (κ1) is 11.2. The fourth-order valence-corrected chi connectivity index (χ4v) is 2.23. The molecule has 0 aromatic carbocycles. The lowest BCUT2D eigenvalue weighted by Gasteiger charge is -2.04. The molecule has 2 aromatic rings. The Bertz CT molecular complexity index is 465. The number of aromatic nitrogens is 2. The number of hydrogen-bond donors (Lipinski definition) is 1. The van der Waals surface area contributed by atoms with Crippen LogP contribution in [0.15, 0.2) is 24.5 Å². The van der Waals surface area contributed by atoms with E-state index in [1.54, 1.807) is 11.3 Å². The van der Waals surface area contributed by atoms with E-state index in [-0.39, 0.29) is 0 Å². The fourth-order valence-electron chi connectivity index (χ4n) is 1.47. The van der Waals surface area contributed by atoms with Crippen LogP contribution in [0.5, 0.6) is 0 Å². The lowest BCUT2D eigenvalue weighted by molar-refractivity contribution is 0.673. The number of thiazole rings is 1. The molecule has 84 valence electrons. The number of aryl methyl sites for hydroxylation is 2. The van der Waals surface area contributed by atoms with E-state index in [0.29, 0.717) is 0 Å². The van der Waals surface area contributed by atoms with Crippen molar-refractivity contribution in [1.29, 1.82) is 0 Å². The third-order valence-corrected chi connectivity index (χ3v) is 3.27. The second-order valence-electron chi connectivity index (χ2n) is 3.74. The van der Waals surface area contributed by atoms with Crippen molar-refractivity contribution in [2.24, 2.45) is 0 Å². The highest BCUT2D eigenvalue weighted by molar-refractivity contribution is 7.11. The Balaban J connectivity index is 1.87. The van der Waals surface area contributed by atoms with Crippen LogP contribution in [0.3, 0.4) is 0 Å². The van der Waals surface area contributed by atoms with Gasteiger partial charge >= 0.3 is 0 Å². The van der Waals surface area contributed by atoms with Crippen LogP contribution in [0.2, 0.25) is 0 Å². The molecule has 0 atom stereocenters. The van der Waals surface area contributed by atoms with Crippen LogP contribution >= 0.6 is 11.3 Å². The molecule has 0 unspecified atom stereocenters. The third kappa shape index (κ3) is 2.87. The molecule has 2 rings (SSSR count). The van der Waals surface area contributed by atoms with E-state index in [1.165, 1.54) is 10.4 Å². The number of nitrogens with zero attached hydrogens (tertiary/aromatic N) is 2. The van der Waals surface area contributed by atoms with Gasteiger partial charge in [0.05, 0.1) is 5.69 Å². The maximum absolute atomic E-state index is 4.34. The molecule has 0 spiro atoms. The summed E-state index contributed by atoms with van der Waals surface area (Å²) in [6.45, 7) is 5.77. The van der Waals surface area contributed by atoms with Gasteiger partial charge in [-0.2, -0.15) is 0 Å². The first-order valence-corrected chi connectivity index (χ1v) is 6.10. The Morgan fingerprint density at radius 2 is 2.12 bits per heavy atom. The molecular weight excluding hydrogens is 218 g/mol. The van der Waals surface area contributed by atoms with Crippen LogP contribution in [0.1, 0.15) is 21.1 Å². The number of rotatable bonds is 4. The maximum Gasteiger partial charge on any atom is 0.107 e. The summed E-state index contributed by atoms with van der Waals surface area (Å²) in [5.74, 6) is 0. The van der Waals surface area contributed by atoms with Crippen molar-refractivity contribution >= 4 is 11.3 Å². The standard InChI is InChI=1S/C12H15N3S/c1-9-4-3-5-14-11(9)7-13-8-12-15-6-10(2)16-12/h3-6,13H,7-8H2,1-2H3. The van der Waals surface area contributed by atoms with Crippen LogP contribution in [0, 0.1) is 13.8 Å². The molecule has 0 saturated carbocycles. The van der Waals surface area contributed by atoms with Gasteiger partial charge in [-0.25, -0.2) is 4.98 Å². The molecule has 1 N–H and O–H groups in total. The van der Waals surface area contributed by atoms with E-state index in [9.17, 15) is 0 Å². The van der Waals surface area contributed by atoms with Crippen molar-refractivity contribution in [3.63, 3.8) is 0 Å². The normalized spacial score (nSPS) is 10.6. The SMILES string of the molecule is Cc1cnc(CNCc2ncccc2C)s1. The third-order valence-electron chi connectivity index (χ3n) is 2.36. The maximum atomic E-state index is 4.34. The van der Waals surface area contributed by atoms with Crippen LogP contribution in [0.4, 0.5) is 0 Å². The predicted octanol–water partition coefficient (Wildman–Crippen LogP) is 2.44. The largest absolute Gasteiger partial charge is 0.305 e. The molecule has 0 saturated heterocycles. The fraction of sp³-hybridized carbons (Fsp3) is 0.333. The van der Waals surface area contributed by atoms with E-state index in [4.69, 9.17) is 0 Å². The summed E-state index contributed by atoms with van der Waals surface area (Å²) in [5, 5.41) is 4.49. The zero-order valence-corrected chi connectivity index (χ0v) is 10.3. The first-order chi connectivity index (χ1) is 7.75. The summed E-state index contributed by atoms with van der Waals surface area (Å²) in [6.07, 6.45) is 3.74. The van der Waals surface area contributed by atoms with Gasteiger partial charge in [-0.1, -0.05) is 6.07 Å². The van der Waals surface area contributed by atoms with Crippen molar-refractivity contribution in [2.75, 3.05) is 0 Å². The van der Waals surface area contributed by atoms with Crippen LogP contribution < -0.4 is 5.32 Å². The topological polar surface area (TPSA) is 37.8 Å². The lowest BCUT2D eigenvalue weighted by Crippen LogP contribution is -2.14.